The predicted octanol–water partition coefficient (Wildman–Crippen LogP) is 1.81. The first kappa shape index (κ1) is 22.3. The smallest absolute Gasteiger partial charge is 0.423 e. The molecule has 0 bridgehead atoms. The number of hydrogen-bond acceptors (Lipinski definition) is 5. The van der Waals surface area contributed by atoms with Gasteiger partial charge in [-0.3, -0.25) is 9.69 Å². The zero-order valence-electron chi connectivity index (χ0n) is 19.0. The third kappa shape index (κ3) is 4.09. The molecule has 7 nitrogen and oxygen atoms in total. The van der Waals surface area contributed by atoms with Crippen molar-refractivity contribution in [2.45, 2.75) is 19.4 Å². The van der Waals surface area contributed by atoms with Crippen LogP contribution in [0.4, 0.5) is 0 Å². The summed E-state index contributed by atoms with van der Waals surface area (Å²) in [6, 6.07) is 11.6. The highest BCUT2D eigenvalue weighted by atomic mass is 16.4. The molecule has 1 atom stereocenters. The minimum atomic E-state index is -1.52. The van der Waals surface area contributed by atoms with Crippen LogP contribution in [-0.2, 0) is 7.05 Å². The van der Waals surface area contributed by atoms with Crippen molar-refractivity contribution in [3.63, 3.8) is 0 Å². The van der Waals surface area contributed by atoms with Gasteiger partial charge in [0.25, 0.3) is 5.91 Å². The lowest BCUT2D eigenvalue weighted by Gasteiger charge is -2.32. The Morgan fingerprint density at radius 2 is 1.91 bits per heavy atom. The number of amides is 1. The van der Waals surface area contributed by atoms with Crippen LogP contribution in [0.1, 0.15) is 41.0 Å². The molecule has 0 fully saturated rings. The Morgan fingerprint density at radius 3 is 2.50 bits per heavy atom. The Labute approximate surface area is 188 Å². The van der Waals surface area contributed by atoms with Crippen molar-refractivity contribution in [3.8, 4) is 0 Å². The largest absolute Gasteiger partial charge is 0.489 e. The third-order valence-electron chi connectivity index (χ3n) is 6.40. The van der Waals surface area contributed by atoms with Crippen LogP contribution in [0.3, 0.4) is 0 Å². The normalized spacial score (nSPS) is 15.5. The molecule has 3 heterocycles. The van der Waals surface area contributed by atoms with Crippen molar-refractivity contribution in [2.24, 2.45) is 7.05 Å². The lowest BCUT2D eigenvalue weighted by atomic mass is 9.79. The number of rotatable bonds is 5. The van der Waals surface area contributed by atoms with Crippen LogP contribution in [0.25, 0.3) is 16.6 Å². The maximum Gasteiger partial charge on any atom is 0.489 e. The Hall–Kier alpha value is -2.94. The zero-order valence-corrected chi connectivity index (χ0v) is 19.0. The van der Waals surface area contributed by atoms with E-state index in [1.54, 1.807) is 31.3 Å². The van der Waals surface area contributed by atoms with Gasteiger partial charge < -0.3 is 19.5 Å². The fourth-order valence-electron chi connectivity index (χ4n) is 4.46. The van der Waals surface area contributed by atoms with Crippen molar-refractivity contribution in [3.05, 3.63) is 65.5 Å². The van der Waals surface area contributed by atoms with Gasteiger partial charge in [0.05, 0.1) is 0 Å². The van der Waals surface area contributed by atoms with E-state index in [1.807, 2.05) is 41.9 Å². The lowest BCUT2D eigenvalue weighted by molar-refractivity contribution is 0.0827. The second-order valence-corrected chi connectivity index (χ2v) is 8.57. The first-order chi connectivity index (χ1) is 15.3. The van der Waals surface area contributed by atoms with Crippen LogP contribution in [-0.4, -0.2) is 69.6 Å². The molecule has 1 aliphatic rings. The van der Waals surface area contributed by atoms with Crippen molar-refractivity contribution in [1.82, 2.24) is 19.4 Å². The maximum absolute atomic E-state index is 12.1. The molecule has 2 aromatic heterocycles. The predicted molar refractivity (Wildman–Crippen MR) is 128 cm³/mol. The minimum Gasteiger partial charge on any atom is -0.423 e. The summed E-state index contributed by atoms with van der Waals surface area (Å²) in [5.41, 5.74) is 5.45. The number of carbonyl (C=O) groups is 1. The molecule has 0 spiro atoms. The molecule has 1 amide bonds. The van der Waals surface area contributed by atoms with Gasteiger partial charge in [-0.25, -0.2) is 4.98 Å². The number of hydrogen-bond donors (Lipinski definition) is 2. The average Bonchev–Trinajstić information content (AvgIpc) is 3.14. The molecule has 0 saturated carbocycles. The van der Waals surface area contributed by atoms with Gasteiger partial charge in [0, 0.05) is 63.1 Å². The number of nitrogens with zero attached hydrogens (tertiary/aromatic N) is 4. The van der Waals surface area contributed by atoms with E-state index in [0.717, 1.165) is 41.8 Å². The molecule has 8 heteroatoms. The summed E-state index contributed by atoms with van der Waals surface area (Å²) in [7, 11) is 3.96. The van der Waals surface area contributed by atoms with Crippen LogP contribution < -0.4 is 5.46 Å². The molecule has 0 radical (unpaired) electrons. The van der Waals surface area contributed by atoms with Gasteiger partial charge >= 0.3 is 7.12 Å². The quantitative estimate of drug-likeness (QED) is 0.601. The van der Waals surface area contributed by atoms with Crippen LogP contribution in [0.5, 0.6) is 0 Å². The summed E-state index contributed by atoms with van der Waals surface area (Å²) in [5.74, 6) is 0.00972. The molecular formula is C24H29BN4O3. The van der Waals surface area contributed by atoms with Gasteiger partial charge in [0.2, 0.25) is 0 Å². The van der Waals surface area contributed by atoms with E-state index in [2.05, 4.69) is 22.9 Å². The number of aromatic nitrogens is 2. The molecular weight excluding hydrogens is 403 g/mol. The van der Waals surface area contributed by atoms with Gasteiger partial charge in [-0.05, 0) is 54.2 Å². The topological polar surface area (TPSA) is 81.8 Å². The second kappa shape index (κ2) is 8.90. The first-order valence-corrected chi connectivity index (χ1v) is 10.8. The number of carbonyl (C=O) groups excluding carboxylic acids is 1. The Balaban J connectivity index is 1.52. The van der Waals surface area contributed by atoms with Crippen LogP contribution >= 0.6 is 0 Å². The van der Waals surface area contributed by atoms with E-state index in [4.69, 9.17) is 0 Å². The standard InChI is InChI=1S/C24H29BN4O3/c1-16(22-15-20-21(25(31)32)9-12-26-23(20)28(22)4)29-13-10-18(11-14-29)17-5-7-19(8-6-17)24(30)27(2)3/h5-10,12,15-16,31-32H,11,13-14H2,1-4H3. The number of pyridine rings is 1. The fourth-order valence-corrected chi connectivity index (χ4v) is 4.46. The molecule has 1 unspecified atom stereocenters. The van der Waals surface area contributed by atoms with Crippen LogP contribution in [0, 0.1) is 0 Å². The SMILES string of the molecule is CC(c1cc2c(B(O)O)ccnc2n1C)N1CC=C(c2ccc(C(=O)N(C)C)cc2)CC1. The summed E-state index contributed by atoms with van der Waals surface area (Å²) >= 11 is 0. The lowest BCUT2D eigenvalue weighted by Crippen LogP contribution is -2.32. The highest BCUT2D eigenvalue weighted by Gasteiger charge is 2.25. The molecule has 1 aromatic carbocycles. The summed E-state index contributed by atoms with van der Waals surface area (Å²) in [4.78, 5) is 20.5. The monoisotopic (exact) mass is 432 g/mol. The van der Waals surface area contributed by atoms with Gasteiger partial charge in [0.15, 0.2) is 0 Å². The molecule has 0 saturated heterocycles. The zero-order chi connectivity index (χ0) is 23.0. The molecule has 3 aromatic rings. The molecule has 166 valence electrons. The Morgan fingerprint density at radius 1 is 1.19 bits per heavy atom. The summed E-state index contributed by atoms with van der Waals surface area (Å²) in [6.07, 6.45) is 4.79. The van der Waals surface area contributed by atoms with Crippen molar-refractivity contribution in [1.29, 1.82) is 0 Å². The molecule has 2 N–H and O–H groups in total. The summed E-state index contributed by atoms with van der Waals surface area (Å²) in [5, 5.41) is 20.2. The fraction of sp³-hybridized carbons (Fsp3) is 0.333. The van der Waals surface area contributed by atoms with E-state index in [1.165, 1.54) is 5.57 Å². The van der Waals surface area contributed by atoms with E-state index in [0.29, 0.717) is 11.0 Å². The number of aryl methyl sites for hydroxylation is 1. The first-order valence-electron chi connectivity index (χ1n) is 10.8. The summed E-state index contributed by atoms with van der Waals surface area (Å²) in [6.45, 7) is 3.90. The van der Waals surface area contributed by atoms with Crippen molar-refractivity contribution in [2.75, 3.05) is 27.2 Å². The van der Waals surface area contributed by atoms with Crippen molar-refractivity contribution < 1.29 is 14.8 Å². The van der Waals surface area contributed by atoms with E-state index in [-0.39, 0.29) is 11.9 Å². The van der Waals surface area contributed by atoms with E-state index in [9.17, 15) is 14.8 Å². The van der Waals surface area contributed by atoms with Crippen LogP contribution in [0.15, 0.2) is 48.7 Å². The van der Waals surface area contributed by atoms with Gasteiger partial charge in [0.1, 0.15) is 5.65 Å². The second-order valence-electron chi connectivity index (χ2n) is 8.57. The van der Waals surface area contributed by atoms with Gasteiger partial charge in [-0.1, -0.05) is 18.2 Å². The Bertz CT molecular complexity index is 1170. The Kier molecular flexibility index (Phi) is 6.19. The third-order valence-corrected chi connectivity index (χ3v) is 6.40. The molecule has 32 heavy (non-hydrogen) atoms. The summed E-state index contributed by atoms with van der Waals surface area (Å²) < 4.78 is 2.03. The van der Waals surface area contributed by atoms with Gasteiger partial charge in [-0.2, -0.15) is 0 Å². The molecule has 4 rings (SSSR count). The minimum absolute atomic E-state index is 0.00972. The van der Waals surface area contributed by atoms with Crippen LogP contribution in [0.2, 0.25) is 0 Å². The number of fused-ring (bicyclic) bond motifs is 1. The van der Waals surface area contributed by atoms with E-state index < -0.39 is 7.12 Å². The molecule has 1 aliphatic heterocycles. The average molecular weight is 432 g/mol. The number of benzene rings is 1. The maximum atomic E-state index is 12.1. The molecule has 0 aliphatic carbocycles. The van der Waals surface area contributed by atoms with Gasteiger partial charge in [-0.15, -0.1) is 0 Å². The van der Waals surface area contributed by atoms with E-state index >= 15 is 0 Å². The van der Waals surface area contributed by atoms with Crippen molar-refractivity contribution >= 4 is 35.1 Å². The highest BCUT2D eigenvalue weighted by Crippen LogP contribution is 2.30. The highest BCUT2D eigenvalue weighted by molar-refractivity contribution is 6.61.